The normalized spacial score (nSPS) is 16.3. The molecule has 0 aliphatic carbocycles. The number of nitrogens with zero attached hydrogens (tertiary/aromatic N) is 3. The van der Waals surface area contributed by atoms with E-state index in [1.54, 1.807) is 6.33 Å². The Morgan fingerprint density at radius 2 is 2.08 bits per heavy atom. The highest BCUT2D eigenvalue weighted by atomic mass is 35.5. The van der Waals surface area contributed by atoms with Gasteiger partial charge in [0.15, 0.2) is 0 Å². The molecule has 1 atom stereocenters. The second-order valence-corrected chi connectivity index (χ2v) is 6.69. The lowest BCUT2D eigenvalue weighted by Crippen LogP contribution is -2.27. The number of nitrogens with one attached hydrogen (secondary N) is 2. The topological polar surface area (TPSA) is 71.8 Å². The fraction of sp³-hybridized carbons (Fsp3) is 0.526. The van der Waals surface area contributed by atoms with Crippen molar-refractivity contribution in [3.8, 4) is 0 Å². The van der Waals surface area contributed by atoms with E-state index in [4.69, 9.17) is 0 Å². The van der Waals surface area contributed by atoms with Crippen LogP contribution in [0.2, 0.25) is 0 Å². The predicted molar refractivity (Wildman–Crippen MR) is 104 cm³/mol. The predicted octanol–water partition coefficient (Wildman–Crippen LogP) is 1.77. The molecule has 142 valence electrons. The van der Waals surface area contributed by atoms with Gasteiger partial charge in [-0.1, -0.05) is 24.3 Å². The zero-order valence-corrected chi connectivity index (χ0v) is 16.1. The Labute approximate surface area is 161 Å². The summed E-state index contributed by atoms with van der Waals surface area (Å²) in [6.45, 7) is 5.75. The van der Waals surface area contributed by atoms with Crippen molar-refractivity contribution in [1.29, 1.82) is 0 Å². The summed E-state index contributed by atoms with van der Waals surface area (Å²) in [6.07, 6.45) is 5.23. The molecule has 2 aromatic rings. The standard InChI is InChI=1S/C19H27N5O.ClH/c1-2-24-14-22-23-18(24)8-10-21-19(25)12-16-5-3-15(4-6-16)11-17-7-9-20-13-17;/h3-6,14,17,20H,2,7-13H2,1H3,(H,21,25);1H. The average molecular weight is 378 g/mol. The first-order valence-corrected chi connectivity index (χ1v) is 9.16. The van der Waals surface area contributed by atoms with Gasteiger partial charge in [-0.05, 0) is 49.9 Å². The van der Waals surface area contributed by atoms with Crippen molar-refractivity contribution in [2.75, 3.05) is 19.6 Å². The summed E-state index contributed by atoms with van der Waals surface area (Å²) in [5.41, 5.74) is 2.42. The maximum atomic E-state index is 12.1. The molecule has 6 nitrogen and oxygen atoms in total. The lowest BCUT2D eigenvalue weighted by atomic mass is 9.97. The number of rotatable bonds is 8. The summed E-state index contributed by atoms with van der Waals surface area (Å²) in [5, 5.41) is 14.3. The highest BCUT2D eigenvalue weighted by Gasteiger charge is 2.14. The van der Waals surface area contributed by atoms with Gasteiger partial charge in [-0.3, -0.25) is 4.79 Å². The van der Waals surface area contributed by atoms with E-state index < -0.39 is 0 Å². The maximum Gasteiger partial charge on any atom is 0.224 e. The monoisotopic (exact) mass is 377 g/mol. The van der Waals surface area contributed by atoms with Crippen molar-refractivity contribution < 1.29 is 4.79 Å². The average Bonchev–Trinajstić information content (AvgIpc) is 3.28. The van der Waals surface area contributed by atoms with Gasteiger partial charge < -0.3 is 15.2 Å². The number of aryl methyl sites for hydroxylation is 1. The lowest BCUT2D eigenvalue weighted by Gasteiger charge is -2.09. The second-order valence-electron chi connectivity index (χ2n) is 6.69. The second kappa shape index (κ2) is 10.3. The molecular weight excluding hydrogens is 350 g/mol. The molecule has 1 aromatic carbocycles. The maximum absolute atomic E-state index is 12.1. The van der Waals surface area contributed by atoms with E-state index >= 15 is 0 Å². The number of hydrogen-bond donors (Lipinski definition) is 2. The highest BCUT2D eigenvalue weighted by Crippen LogP contribution is 2.15. The van der Waals surface area contributed by atoms with Crippen LogP contribution in [-0.2, 0) is 30.6 Å². The minimum atomic E-state index is 0. The van der Waals surface area contributed by atoms with Gasteiger partial charge >= 0.3 is 0 Å². The van der Waals surface area contributed by atoms with Gasteiger partial charge in [0.05, 0.1) is 6.42 Å². The summed E-state index contributed by atoms with van der Waals surface area (Å²) in [7, 11) is 0. The Hall–Kier alpha value is -1.92. The first-order chi connectivity index (χ1) is 12.2. The first kappa shape index (κ1) is 20.4. The van der Waals surface area contributed by atoms with Crippen molar-refractivity contribution >= 4 is 18.3 Å². The fourth-order valence-electron chi connectivity index (χ4n) is 3.31. The van der Waals surface area contributed by atoms with Crippen molar-refractivity contribution in [2.24, 2.45) is 5.92 Å². The van der Waals surface area contributed by atoms with Gasteiger partial charge in [0.25, 0.3) is 0 Å². The summed E-state index contributed by atoms with van der Waals surface area (Å²) in [4.78, 5) is 12.1. The van der Waals surface area contributed by atoms with Crippen LogP contribution in [0.5, 0.6) is 0 Å². The van der Waals surface area contributed by atoms with Gasteiger partial charge in [0.1, 0.15) is 12.2 Å². The first-order valence-electron chi connectivity index (χ1n) is 9.16. The number of aromatic nitrogens is 3. The quantitative estimate of drug-likeness (QED) is 0.735. The van der Waals surface area contributed by atoms with E-state index in [1.165, 1.54) is 12.0 Å². The van der Waals surface area contributed by atoms with E-state index in [0.717, 1.165) is 43.4 Å². The number of halogens is 1. The summed E-state index contributed by atoms with van der Waals surface area (Å²) >= 11 is 0. The molecule has 0 radical (unpaired) electrons. The van der Waals surface area contributed by atoms with Crippen molar-refractivity contribution in [3.63, 3.8) is 0 Å². The van der Waals surface area contributed by atoms with E-state index in [0.29, 0.717) is 19.4 Å². The zero-order valence-electron chi connectivity index (χ0n) is 15.3. The Morgan fingerprint density at radius 3 is 2.77 bits per heavy atom. The van der Waals surface area contributed by atoms with E-state index in [1.807, 2.05) is 4.57 Å². The van der Waals surface area contributed by atoms with E-state index in [2.05, 4.69) is 52.0 Å². The molecule has 0 bridgehead atoms. The smallest absolute Gasteiger partial charge is 0.224 e. The molecule has 2 N–H and O–H groups in total. The molecule has 1 amide bonds. The number of hydrogen-bond acceptors (Lipinski definition) is 4. The van der Waals surface area contributed by atoms with Crippen LogP contribution in [0.1, 0.15) is 30.3 Å². The molecule has 1 fully saturated rings. The van der Waals surface area contributed by atoms with Crippen LogP contribution in [0.4, 0.5) is 0 Å². The molecule has 1 aliphatic heterocycles. The number of carbonyl (C=O) groups is 1. The Kier molecular flexibility index (Phi) is 8.06. The molecule has 26 heavy (non-hydrogen) atoms. The lowest BCUT2D eigenvalue weighted by molar-refractivity contribution is -0.120. The van der Waals surface area contributed by atoms with Gasteiger partial charge in [-0.25, -0.2) is 0 Å². The van der Waals surface area contributed by atoms with Gasteiger partial charge in [0.2, 0.25) is 5.91 Å². The molecular formula is C19H28ClN5O. The third-order valence-corrected chi connectivity index (χ3v) is 4.78. The van der Waals surface area contributed by atoms with Crippen molar-refractivity contribution in [2.45, 2.75) is 39.2 Å². The largest absolute Gasteiger partial charge is 0.355 e. The molecule has 1 unspecified atom stereocenters. The summed E-state index contributed by atoms with van der Waals surface area (Å²) in [5.74, 6) is 1.71. The van der Waals surface area contributed by atoms with Crippen LogP contribution in [-0.4, -0.2) is 40.3 Å². The summed E-state index contributed by atoms with van der Waals surface area (Å²) < 4.78 is 1.99. The van der Waals surface area contributed by atoms with E-state index in [9.17, 15) is 4.79 Å². The fourth-order valence-corrected chi connectivity index (χ4v) is 3.31. The minimum absolute atomic E-state index is 0. The highest BCUT2D eigenvalue weighted by molar-refractivity contribution is 5.85. The van der Waals surface area contributed by atoms with E-state index in [-0.39, 0.29) is 18.3 Å². The van der Waals surface area contributed by atoms with Gasteiger partial charge in [-0.2, -0.15) is 0 Å². The van der Waals surface area contributed by atoms with Crippen LogP contribution in [0, 0.1) is 5.92 Å². The molecule has 7 heteroatoms. The number of benzene rings is 1. The Balaban J connectivity index is 0.00000243. The molecule has 1 aliphatic rings. The molecule has 1 saturated heterocycles. The number of carbonyl (C=O) groups excluding carboxylic acids is 1. The van der Waals surface area contributed by atoms with Crippen LogP contribution < -0.4 is 10.6 Å². The van der Waals surface area contributed by atoms with Crippen molar-refractivity contribution in [1.82, 2.24) is 25.4 Å². The third-order valence-electron chi connectivity index (χ3n) is 4.78. The molecule has 1 aromatic heterocycles. The molecule has 0 saturated carbocycles. The minimum Gasteiger partial charge on any atom is -0.355 e. The van der Waals surface area contributed by atoms with Crippen LogP contribution in [0.25, 0.3) is 0 Å². The number of amides is 1. The van der Waals surface area contributed by atoms with Crippen LogP contribution in [0.3, 0.4) is 0 Å². The van der Waals surface area contributed by atoms with Crippen LogP contribution >= 0.6 is 12.4 Å². The third kappa shape index (κ3) is 5.81. The Morgan fingerprint density at radius 1 is 1.31 bits per heavy atom. The molecule has 2 heterocycles. The Bertz CT molecular complexity index is 679. The van der Waals surface area contributed by atoms with Crippen molar-refractivity contribution in [3.05, 3.63) is 47.5 Å². The molecule has 0 spiro atoms. The molecule has 3 rings (SSSR count). The van der Waals surface area contributed by atoms with Gasteiger partial charge in [-0.15, -0.1) is 22.6 Å². The zero-order chi connectivity index (χ0) is 17.5. The SMILES string of the molecule is CCn1cnnc1CCNC(=O)Cc1ccc(CC2CCNC2)cc1.Cl. The summed E-state index contributed by atoms with van der Waals surface area (Å²) in [6, 6.07) is 8.46. The van der Waals surface area contributed by atoms with Crippen LogP contribution in [0.15, 0.2) is 30.6 Å². The van der Waals surface area contributed by atoms with Gasteiger partial charge in [0, 0.05) is 19.5 Å².